The Balaban J connectivity index is 2.42. The molecule has 0 bridgehead atoms. The van der Waals surface area contributed by atoms with Crippen LogP contribution in [0.3, 0.4) is 0 Å². The number of carbonyl (C=O) groups is 2. The van der Waals surface area contributed by atoms with Crippen molar-refractivity contribution in [2.24, 2.45) is 5.73 Å². The minimum absolute atomic E-state index is 0.0320. The predicted molar refractivity (Wildman–Crippen MR) is 98.2 cm³/mol. The molecule has 140 valence electrons. The van der Waals surface area contributed by atoms with Crippen molar-refractivity contribution >= 4 is 29.2 Å². The number of benzene rings is 1. The highest BCUT2D eigenvalue weighted by atomic mass is 35.5. The summed E-state index contributed by atoms with van der Waals surface area (Å²) in [6.07, 6.45) is 0.978. The Labute approximate surface area is 161 Å². The molecule has 3 rings (SSSR count). The molecule has 2 aliphatic heterocycles. The lowest BCUT2D eigenvalue weighted by molar-refractivity contribution is -0.140. The van der Waals surface area contributed by atoms with E-state index in [9.17, 15) is 14.9 Å². The zero-order valence-electron chi connectivity index (χ0n) is 14.9. The Kier molecular flexibility index (Phi) is 4.85. The Morgan fingerprint density at radius 2 is 2.19 bits per heavy atom. The zero-order valence-corrected chi connectivity index (χ0v) is 15.6. The largest absolute Gasteiger partial charge is 0.462 e. The fourth-order valence-corrected chi connectivity index (χ4v) is 3.71. The molecule has 0 fully saturated rings. The van der Waals surface area contributed by atoms with Crippen molar-refractivity contribution in [1.82, 2.24) is 0 Å². The number of carbonyl (C=O) groups excluding carboxylic acids is 2. The molecule has 0 radical (unpaired) electrons. The van der Waals surface area contributed by atoms with Crippen molar-refractivity contribution in [3.63, 3.8) is 0 Å². The van der Waals surface area contributed by atoms with Gasteiger partial charge in [-0.05, 0) is 31.5 Å². The van der Waals surface area contributed by atoms with E-state index in [0.29, 0.717) is 29.1 Å². The summed E-state index contributed by atoms with van der Waals surface area (Å²) in [5.74, 6) is -1.30. The van der Waals surface area contributed by atoms with Crippen LogP contribution in [0.25, 0.3) is 0 Å². The van der Waals surface area contributed by atoms with Crippen LogP contribution < -0.4 is 11.1 Å². The number of hydrogen-bond acceptors (Lipinski definition) is 6. The number of esters is 1. The van der Waals surface area contributed by atoms with E-state index in [1.54, 1.807) is 25.1 Å². The molecule has 1 unspecified atom stereocenters. The number of anilines is 1. The number of fused-ring (bicyclic) bond motifs is 2. The number of nitrogens with zero attached hydrogens (tertiary/aromatic N) is 1. The lowest BCUT2D eigenvalue weighted by atomic mass is 9.68. The SMILES string of the molecule is CCCC1=C(C(=O)OCC)C2(C(=O)Nc3ccc(Cl)cc32)C(C#N)=C(N)O1. The van der Waals surface area contributed by atoms with Gasteiger partial charge in [-0.25, -0.2) is 4.79 Å². The van der Waals surface area contributed by atoms with Crippen LogP contribution in [0.2, 0.25) is 5.02 Å². The minimum atomic E-state index is -1.76. The van der Waals surface area contributed by atoms with Crippen LogP contribution in [-0.4, -0.2) is 18.5 Å². The van der Waals surface area contributed by atoms with E-state index in [0.717, 1.165) is 0 Å². The molecule has 1 amide bonds. The highest BCUT2D eigenvalue weighted by molar-refractivity contribution is 6.31. The van der Waals surface area contributed by atoms with E-state index >= 15 is 0 Å². The third kappa shape index (κ3) is 2.64. The molecule has 0 saturated carbocycles. The Morgan fingerprint density at radius 3 is 2.81 bits per heavy atom. The highest BCUT2D eigenvalue weighted by Gasteiger charge is 2.60. The van der Waals surface area contributed by atoms with Crippen LogP contribution in [0, 0.1) is 11.3 Å². The summed E-state index contributed by atoms with van der Waals surface area (Å²) in [6.45, 7) is 3.65. The molecule has 2 aliphatic rings. The van der Waals surface area contributed by atoms with E-state index < -0.39 is 17.3 Å². The van der Waals surface area contributed by atoms with Crippen LogP contribution in [0.4, 0.5) is 5.69 Å². The van der Waals surface area contributed by atoms with Gasteiger partial charge < -0.3 is 20.5 Å². The molecule has 3 N–H and O–H groups in total. The van der Waals surface area contributed by atoms with Gasteiger partial charge in [0.25, 0.3) is 0 Å². The highest BCUT2D eigenvalue weighted by Crippen LogP contribution is 2.53. The number of halogens is 1. The van der Waals surface area contributed by atoms with Gasteiger partial charge in [-0.3, -0.25) is 4.79 Å². The Morgan fingerprint density at radius 1 is 1.44 bits per heavy atom. The summed E-state index contributed by atoms with van der Waals surface area (Å²) < 4.78 is 10.8. The van der Waals surface area contributed by atoms with Crippen molar-refractivity contribution in [1.29, 1.82) is 5.26 Å². The van der Waals surface area contributed by atoms with Crippen molar-refractivity contribution in [3.05, 3.63) is 51.6 Å². The molecule has 0 aliphatic carbocycles. The topological polar surface area (TPSA) is 114 Å². The van der Waals surface area contributed by atoms with E-state index in [1.165, 1.54) is 0 Å². The second kappa shape index (κ2) is 6.97. The van der Waals surface area contributed by atoms with Crippen molar-refractivity contribution in [2.75, 3.05) is 11.9 Å². The average Bonchev–Trinajstić information content (AvgIpc) is 2.88. The minimum Gasteiger partial charge on any atom is -0.462 e. The number of amides is 1. The Hall–Kier alpha value is -2.98. The van der Waals surface area contributed by atoms with Crippen molar-refractivity contribution in [2.45, 2.75) is 32.1 Å². The molecule has 0 aromatic heterocycles. The summed E-state index contributed by atoms with van der Waals surface area (Å²) in [7, 11) is 0. The molecule has 27 heavy (non-hydrogen) atoms. The molecule has 1 aromatic rings. The second-order valence-electron chi connectivity index (χ2n) is 6.12. The number of allylic oxidation sites excluding steroid dienone is 1. The third-order valence-corrected chi connectivity index (χ3v) is 4.79. The molecule has 7 nitrogen and oxygen atoms in total. The Bertz CT molecular complexity index is 945. The van der Waals surface area contributed by atoms with E-state index in [4.69, 9.17) is 26.8 Å². The van der Waals surface area contributed by atoms with E-state index in [1.807, 2.05) is 13.0 Å². The predicted octanol–water partition coefficient (Wildman–Crippen LogP) is 2.87. The molecular weight excluding hydrogens is 370 g/mol. The van der Waals surface area contributed by atoms with Gasteiger partial charge in [0, 0.05) is 22.7 Å². The van der Waals surface area contributed by atoms with Gasteiger partial charge >= 0.3 is 5.97 Å². The zero-order chi connectivity index (χ0) is 19.8. The summed E-state index contributed by atoms with van der Waals surface area (Å²) >= 11 is 6.15. The standard InChI is InChI=1S/C19H18ClN3O4/c1-3-5-14-15(17(24)26-4-2)19(12(9-21)16(22)27-14)11-8-10(20)6-7-13(11)23-18(19)25/h6-8H,3-5,22H2,1-2H3,(H,23,25). The molecule has 2 heterocycles. The van der Waals surface area contributed by atoms with E-state index in [2.05, 4.69) is 5.32 Å². The molecule has 0 saturated heterocycles. The molecule has 1 aromatic carbocycles. The van der Waals surface area contributed by atoms with Crippen molar-refractivity contribution in [3.8, 4) is 6.07 Å². The normalized spacial score (nSPS) is 20.9. The summed E-state index contributed by atoms with van der Waals surface area (Å²) in [6, 6.07) is 6.73. The number of nitrogens with two attached hydrogens (primary N) is 1. The molecular formula is C19H18ClN3O4. The molecule has 1 spiro atoms. The first kappa shape index (κ1) is 18.8. The number of nitrogens with one attached hydrogen (secondary N) is 1. The quantitative estimate of drug-likeness (QED) is 0.767. The van der Waals surface area contributed by atoms with Crippen LogP contribution in [0.5, 0.6) is 0 Å². The van der Waals surface area contributed by atoms with Gasteiger partial charge in [0.1, 0.15) is 23.0 Å². The van der Waals surface area contributed by atoms with Crippen molar-refractivity contribution < 1.29 is 19.1 Å². The first-order valence-corrected chi connectivity index (χ1v) is 8.89. The van der Waals surface area contributed by atoms with E-state index in [-0.39, 0.29) is 29.4 Å². The van der Waals surface area contributed by atoms with Gasteiger partial charge in [-0.2, -0.15) is 5.26 Å². The smallest absolute Gasteiger partial charge is 0.339 e. The second-order valence-corrected chi connectivity index (χ2v) is 6.55. The number of hydrogen-bond donors (Lipinski definition) is 2. The van der Waals surface area contributed by atoms with Gasteiger partial charge in [0.15, 0.2) is 5.41 Å². The fourth-order valence-electron chi connectivity index (χ4n) is 3.54. The molecule has 8 heteroatoms. The lowest BCUT2D eigenvalue weighted by Gasteiger charge is -2.34. The maximum Gasteiger partial charge on any atom is 0.339 e. The number of rotatable bonds is 4. The molecule has 1 atom stereocenters. The number of nitriles is 1. The summed E-state index contributed by atoms with van der Waals surface area (Å²) in [5, 5.41) is 12.9. The summed E-state index contributed by atoms with van der Waals surface area (Å²) in [4.78, 5) is 26.1. The maximum absolute atomic E-state index is 13.2. The van der Waals surface area contributed by atoms with Gasteiger partial charge in [0.2, 0.25) is 11.8 Å². The fraction of sp³-hybridized carbons (Fsp3) is 0.316. The van der Waals surface area contributed by atoms with Gasteiger partial charge in [-0.15, -0.1) is 0 Å². The maximum atomic E-state index is 13.2. The first-order valence-electron chi connectivity index (χ1n) is 8.52. The van der Waals surface area contributed by atoms with Gasteiger partial charge in [0.05, 0.1) is 6.61 Å². The third-order valence-electron chi connectivity index (χ3n) is 4.55. The first-order chi connectivity index (χ1) is 12.9. The summed E-state index contributed by atoms with van der Waals surface area (Å²) in [5.41, 5.74) is 4.87. The lowest BCUT2D eigenvalue weighted by Crippen LogP contribution is -2.46. The van der Waals surface area contributed by atoms with Crippen LogP contribution in [0.1, 0.15) is 32.3 Å². The monoisotopic (exact) mass is 387 g/mol. The van der Waals surface area contributed by atoms with Crippen LogP contribution >= 0.6 is 11.6 Å². The van der Waals surface area contributed by atoms with Crippen LogP contribution in [0.15, 0.2) is 41.0 Å². The van der Waals surface area contributed by atoms with Crippen LogP contribution in [-0.2, 0) is 24.5 Å². The van der Waals surface area contributed by atoms with Gasteiger partial charge in [-0.1, -0.05) is 18.5 Å². The average molecular weight is 388 g/mol. The number of ether oxygens (including phenoxy) is 2.